The molecule has 7 heteroatoms. The number of aryl methyl sites for hydroxylation is 2. The van der Waals surface area contributed by atoms with E-state index >= 15 is 0 Å². The number of piperazine rings is 1. The highest BCUT2D eigenvalue weighted by molar-refractivity contribution is 5.98. The Labute approximate surface area is 171 Å². The Hall–Kier alpha value is -2.93. The summed E-state index contributed by atoms with van der Waals surface area (Å²) < 4.78 is 1.95. The highest BCUT2D eigenvalue weighted by atomic mass is 16.1. The number of quaternary nitrogens is 1. The van der Waals surface area contributed by atoms with Gasteiger partial charge in [0, 0.05) is 22.6 Å². The minimum absolute atomic E-state index is 0.194. The number of carbonyl (C=O) groups excluding carboxylic acids is 1. The first-order chi connectivity index (χ1) is 14.0. The molecule has 3 aromatic rings. The lowest BCUT2D eigenvalue weighted by Crippen LogP contribution is -3.15. The molecule has 2 aromatic heterocycles. The van der Waals surface area contributed by atoms with Gasteiger partial charge in [-0.2, -0.15) is 10.1 Å². The molecule has 0 spiro atoms. The Balaban J connectivity index is 1.42. The predicted octanol–water partition coefficient (Wildman–Crippen LogP) is 1.42. The van der Waals surface area contributed by atoms with Gasteiger partial charge in [0.1, 0.15) is 12.9 Å². The van der Waals surface area contributed by atoms with Crippen LogP contribution in [0.1, 0.15) is 32.9 Å². The van der Waals surface area contributed by atoms with Gasteiger partial charge in [0.25, 0.3) is 0 Å². The fraction of sp³-hybridized carbons (Fsp3) is 0.409. The number of nitrogens with one attached hydrogen (secondary N) is 2. The summed E-state index contributed by atoms with van der Waals surface area (Å²) in [6.45, 7) is 12.7. The number of aromatic amines is 1. The van der Waals surface area contributed by atoms with Gasteiger partial charge in [-0.1, -0.05) is 12.1 Å². The van der Waals surface area contributed by atoms with Gasteiger partial charge in [-0.15, -0.1) is 0 Å². The van der Waals surface area contributed by atoms with E-state index in [9.17, 15) is 4.79 Å². The standard InChI is InChI=1S/C22H28N6O/c1-15-6-5-7-20(17(15)3)27-10-8-26(9-11-27)13-21(29)19-12-16(2)28(18(19)4)22-23-14-24-25-22/h5-7,12,14H,8-11,13H2,1-4H3,(H,23,24,25)/p+1. The first kappa shape index (κ1) is 19.4. The minimum atomic E-state index is 0.194. The third kappa shape index (κ3) is 3.70. The molecule has 1 saturated heterocycles. The molecule has 1 fully saturated rings. The summed E-state index contributed by atoms with van der Waals surface area (Å²) in [7, 11) is 0. The number of aromatic nitrogens is 4. The Bertz CT molecular complexity index is 1010. The van der Waals surface area contributed by atoms with Gasteiger partial charge in [0.05, 0.1) is 26.2 Å². The normalized spacial score (nSPS) is 15.1. The number of anilines is 1. The smallest absolute Gasteiger partial charge is 0.229 e. The molecule has 3 heterocycles. The van der Waals surface area contributed by atoms with E-state index in [1.807, 2.05) is 24.5 Å². The second-order valence-corrected chi connectivity index (χ2v) is 7.99. The van der Waals surface area contributed by atoms with Crippen molar-refractivity contribution in [3.05, 3.63) is 58.7 Å². The van der Waals surface area contributed by atoms with Crippen LogP contribution in [0.15, 0.2) is 30.6 Å². The minimum Gasteiger partial charge on any atom is -0.360 e. The second kappa shape index (κ2) is 7.83. The zero-order chi connectivity index (χ0) is 20.5. The van der Waals surface area contributed by atoms with Crippen LogP contribution in [0.5, 0.6) is 0 Å². The van der Waals surface area contributed by atoms with Crippen molar-refractivity contribution < 1.29 is 9.69 Å². The van der Waals surface area contributed by atoms with Crippen LogP contribution in [0.3, 0.4) is 0 Å². The van der Waals surface area contributed by atoms with E-state index in [-0.39, 0.29) is 5.78 Å². The molecule has 0 amide bonds. The van der Waals surface area contributed by atoms with Gasteiger partial charge in [-0.05, 0) is 51.0 Å². The van der Waals surface area contributed by atoms with E-state index in [1.165, 1.54) is 28.0 Å². The molecule has 152 valence electrons. The number of benzene rings is 1. The lowest BCUT2D eigenvalue weighted by Gasteiger charge is -2.34. The molecule has 0 saturated carbocycles. The maximum absolute atomic E-state index is 13.0. The Kier molecular flexibility index (Phi) is 5.24. The van der Waals surface area contributed by atoms with Gasteiger partial charge < -0.3 is 9.80 Å². The van der Waals surface area contributed by atoms with Gasteiger partial charge in [-0.3, -0.25) is 9.36 Å². The van der Waals surface area contributed by atoms with Crippen LogP contribution < -0.4 is 9.80 Å². The van der Waals surface area contributed by atoms with E-state index in [0.717, 1.165) is 43.1 Å². The Morgan fingerprint density at radius 3 is 2.62 bits per heavy atom. The van der Waals surface area contributed by atoms with Crippen LogP contribution in [0.2, 0.25) is 0 Å². The van der Waals surface area contributed by atoms with Crippen molar-refractivity contribution in [1.82, 2.24) is 19.7 Å². The molecule has 0 aliphatic carbocycles. The topological polar surface area (TPSA) is 71.2 Å². The van der Waals surface area contributed by atoms with Crippen molar-refractivity contribution in [3.8, 4) is 5.95 Å². The number of H-pyrrole nitrogens is 1. The number of rotatable bonds is 5. The fourth-order valence-electron chi connectivity index (χ4n) is 4.32. The van der Waals surface area contributed by atoms with Crippen molar-refractivity contribution in [3.63, 3.8) is 0 Å². The molecule has 4 rings (SSSR count). The van der Waals surface area contributed by atoms with Crippen molar-refractivity contribution in [2.75, 3.05) is 37.6 Å². The highest BCUT2D eigenvalue weighted by Crippen LogP contribution is 2.22. The molecule has 1 aliphatic rings. The molecule has 1 aromatic carbocycles. The number of Topliss-reactive ketones (excluding diaryl/α,β-unsaturated/α-hetero) is 1. The Morgan fingerprint density at radius 1 is 1.17 bits per heavy atom. The van der Waals surface area contributed by atoms with Crippen molar-refractivity contribution >= 4 is 11.5 Å². The van der Waals surface area contributed by atoms with Gasteiger partial charge in [0.2, 0.25) is 11.7 Å². The summed E-state index contributed by atoms with van der Waals surface area (Å²) in [5, 5.41) is 6.80. The van der Waals surface area contributed by atoms with Crippen molar-refractivity contribution in [2.45, 2.75) is 27.7 Å². The SMILES string of the molecule is Cc1cccc(N2CC[NH+](CC(=O)c3cc(C)n(-c4ncn[nH]4)c3C)CC2)c1C. The molecule has 0 bridgehead atoms. The molecule has 2 N–H and O–H groups in total. The lowest BCUT2D eigenvalue weighted by molar-refractivity contribution is -0.892. The summed E-state index contributed by atoms with van der Waals surface area (Å²) in [5.41, 5.74) is 6.69. The molecule has 7 nitrogen and oxygen atoms in total. The number of nitrogens with zero attached hydrogens (tertiary/aromatic N) is 4. The van der Waals surface area contributed by atoms with Gasteiger partial charge >= 0.3 is 0 Å². The van der Waals surface area contributed by atoms with E-state index < -0.39 is 0 Å². The van der Waals surface area contributed by atoms with E-state index in [0.29, 0.717) is 12.5 Å². The summed E-state index contributed by atoms with van der Waals surface area (Å²) in [4.78, 5) is 21.0. The molecule has 29 heavy (non-hydrogen) atoms. The van der Waals surface area contributed by atoms with Crippen LogP contribution >= 0.6 is 0 Å². The first-order valence-corrected chi connectivity index (χ1v) is 10.2. The number of ketones is 1. The Morgan fingerprint density at radius 2 is 1.93 bits per heavy atom. The van der Waals surface area contributed by atoms with E-state index in [4.69, 9.17) is 0 Å². The van der Waals surface area contributed by atoms with E-state index in [1.54, 1.807) is 0 Å². The quantitative estimate of drug-likeness (QED) is 0.643. The largest absolute Gasteiger partial charge is 0.360 e. The number of hydrogen-bond donors (Lipinski definition) is 2. The summed E-state index contributed by atoms with van der Waals surface area (Å²) >= 11 is 0. The first-order valence-electron chi connectivity index (χ1n) is 10.2. The molecular formula is C22H29N6O+. The van der Waals surface area contributed by atoms with Crippen molar-refractivity contribution in [1.29, 1.82) is 0 Å². The fourth-order valence-corrected chi connectivity index (χ4v) is 4.32. The summed E-state index contributed by atoms with van der Waals surface area (Å²) in [6.07, 6.45) is 1.48. The third-order valence-corrected chi connectivity index (χ3v) is 6.14. The summed E-state index contributed by atoms with van der Waals surface area (Å²) in [5.74, 6) is 0.840. The predicted molar refractivity (Wildman–Crippen MR) is 113 cm³/mol. The monoisotopic (exact) mass is 393 g/mol. The average molecular weight is 394 g/mol. The van der Waals surface area contributed by atoms with Crippen molar-refractivity contribution in [2.24, 2.45) is 0 Å². The highest BCUT2D eigenvalue weighted by Gasteiger charge is 2.26. The maximum Gasteiger partial charge on any atom is 0.229 e. The number of carbonyl (C=O) groups is 1. The van der Waals surface area contributed by atoms with Gasteiger partial charge in [-0.25, -0.2) is 5.10 Å². The summed E-state index contributed by atoms with van der Waals surface area (Å²) in [6, 6.07) is 8.46. The zero-order valence-electron chi connectivity index (χ0n) is 17.6. The molecule has 0 unspecified atom stereocenters. The van der Waals surface area contributed by atoms with Crippen LogP contribution in [0.25, 0.3) is 5.95 Å². The second-order valence-electron chi connectivity index (χ2n) is 7.99. The third-order valence-electron chi connectivity index (χ3n) is 6.14. The van der Waals surface area contributed by atoms with Gasteiger partial charge in [0.15, 0.2) is 0 Å². The molecule has 0 atom stereocenters. The molecular weight excluding hydrogens is 364 g/mol. The lowest BCUT2D eigenvalue weighted by atomic mass is 10.1. The van der Waals surface area contributed by atoms with E-state index in [2.05, 4.69) is 52.1 Å². The van der Waals surface area contributed by atoms with Crippen LogP contribution in [0, 0.1) is 27.7 Å². The van der Waals surface area contributed by atoms with Crippen LogP contribution in [-0.4, -0.2) is 58.3 Å². The molecule has 0 radical (unpaired) electrons. The zero-order valence-corrected chi connectivity index (χ0v) is 17.6. The average Bonchev–Trinajstić information content (AvgIpc) is 3.32. The maximum atomic E-state index is 13.0. The van der Waals surface area contributed by atoms with Crippen LogP contribution in [0.4, 0.5) is 5.69 Å². The number of hydrogen-bond acceptors (Lipinski definition) is 4. The molecule has 1 aliphatic heterocycles. The van der Waals surface area contributed by atoms with Crippen LogP contribution in [-0.2, 0) is 0 Å².